The predicted octanol–water partition coefficient (Wildman–Crippen LogP) is 2.23. The van der Waals surface area contributed by atoms with E-state index in [-0.39, 0.29) is 6.61 Å². The zero-order chi connectivity index (χ0) is 13.8. The molecule has 2 atom stereocenters. The van der Waals surface area contributed by atoms with Crippen molar-refractivity contribution in [3.63, 3.8) is 0 Å². The summed E-state index contributed by atoms with van der Waals surface area (Å²) < 4.78 is 39.7. The Labute approximate surface area is 107 Å². The molecule has 18 heavy (non-hydrogen) atoms. The van der Waals surface area contributed by atoms with Gasteiger partial charge in [0.1, 0.15) is 0 Å². The first-order valence-corrected chi connectivity index (χ1v) is 6.46. The number of hydrogen-bond donors (Lipinski definition) is 1. The predicted molar refractivity (Wildman–Crippen MR) is 64.3 cm³/mol. The minimum atomic E-state index is -4.52. The maximum absolute atomic E-state index is 11.9. The van der Waals surface area contributed by atoms with Crippen LogP contribution in [0.15, 0.2) is 0 Å². The van der Waals surface area contributed by atoms with E-state index < -0.39 is 6.36 Å². The van der Waals surface area contributed by atoms with E-state index in [2.05, 4.69) is 28.8 Å². The van der Waals surface area contributed by atoms with Crippen LogP contribution in [0.4, 0.5) is 13.2 Å². The van der Waals surface area contributed by atoms with Gasteiger partial charge >= 0.3 is 6.36 Å². The number of alkyl halides is 3. The van der Waals surface area contributed by atoms with Gasteiger partial charge in [0.05, 0.1) is 6.61 Å². The zero-order valence-corrected chi connectivity index (χ0v) is 11.3. The highest BCUT2D eigenvalue weighted by Gasteiger charge is 2.31. The zero-order valence-electron chi connectivity index (χ0n) is 11.3. The summed E-state index contributed by atoms with van der Waals surface area (Å²) in [5.74, 6) is 0.538. The number of ether oxygens (including phenoxy) is 1. The Bertz CT molecular complexity index is 246. The van der Waals surface area contributed by atoms with Crippen LogP contribution >= 0.6 is 0 Å². The van der Waals surface area contributed by atoms with E-state index in [1.54, 1.807) is 0 Å². The summed E-state index contributed by atoms with van der Waals surface area (Å²) in [6, 6.07) is 0.623. The van der Waals surface area contributed by atoms with E-state index >= 15 is 0 Å². The van der Waals surface area contributed by atoms with Crippen LogP contribution in [-0.2, 0) is 4.74 Å². The molecule has 0 bridgehead atoms. The SMILES string of the molecule is CC(C)CC1CNC(C)CN1CCOC(F)(F)F. The molecular weight excluding hydrogens is 245 g/mol. The van der Waals surface area contributed by atoms with Gasteiger partial charge in [-0.15, -0.1) is 13.2 Å². The van der Waals surface area contributed by atoms with E-state index in [1.165, 1.54) is 0 Å². The molecule has 1 aliphatic heterocycles. The molecule has 0 spiro atoms. The van der Waals surface area contributed by atoms with Crippen LogP contribution in [0.25, 0.3) is 0 Å². The minimum absolute atomic E-state index is 0.287. The average molecular weight is 268 g/mol. The van der Waals surface area contributed by atoms with Gasteiger partial charge in [-0.1, -0.05) is 13.8 Å². The fourth-order valence-corrected chi connectivity index (χ4v) is 2.36. The van der Waals surface area contributed by atoms with Gasteiger partial charge in [0, 0.05) is 31.7 Å². The number of halogens is 3. The third-order valence-electron chi connectivity index (χ3n) is 3.11. The number of hydrogen-bond acceptors (Lipinski definition) is 3. The Kier molecular flexibility index (Phi) is 5.88. The Morgan fingerprint density at radius 3 is 2.61 bits per heavy atom. The minimum Gasteiger partial charge on any atom is -0.311 e. The van der Waals surface area contributed by atoms with Crippen molar-refractivity contribution in [1.29, 1.82) is 0 Å². The van der Waals surface area contributed by atoms with Gasteiger partial charge in [-0.2, -0.15) is 0 Å². The summed E-state index contributed by atoms with van der Waals surface area (Å²) in [6.07, 6.45) is -3.53. The summed E-state index contributed by atoms with van der Waals surface area (Å²) in [6.45, 7) is 7.96. The monoisotopic (exact) mass is 268 g/mol. The van der Waals surface area contributed by atoms with Crippen molar-refractivity contribution in [2.75, 3.05) is 26.2 Å². The molecule has 0 aliphatic carbocycles. The molecule has 0 aromatic rings. The molecule has 1 fully saturated rings. The maximum Gasteiger partial charge on any atom is 0.522 e. The smallest absolute Gasteiger partial charge is 0.311 e. The van der Waals surface area contributed by atoms with Gasteiger partial charge in [-0.05, 0) is 19.3 Å². The van der Waals surface area contributed by atoms with Crippen LogP contribution in [0.2, 0.25) is 0 Å². The normalized spacial score (nSPS) is 26.8. The van der Waals surface area contributed by atoms with E-state index in [4.69, 9.17) is 0 Å². The first-order chi connectivity index (χ1) is 8.28. The summed E-state index contributed by atoms with van der Waals surface area (Å²) >= 11 is 0. The van der Waals surface area contributed by atoms with E-state index in [0.29, 0.717) is 24.5 Å². The highest BCUT2D eigenvalue weighted by atomic mass is 19.4. The lowest BCUT2D eigenvalue weighted by Crippen LogP contribution is -2.56. The Morgan fingerprint density at radius 1 is 1.39 bits per heavy atom. The molecule has 108 valence electrons. The fraction of sp³-hybridized carbons (Fsp3) is 1.00. The molecule has 2 unspecified atom stereocenters. The van der Waals surface area contributed by atoms with Crippen molar-refractivity contribution in [2.24, 2.45) is 5.92 Å². The summed E-state index contributed by atoms with van der Waals surface area (Å²) in [7, 11) is 0. The average Bonchev–Trinajstić information content (AvgIpc) is 2.19. The van der Waals surface area contributed by atoms with Crippen LogP contribution in [0.5, 0.6) is 0 Å². The third kappa shape index (κ3) is 6.02. The van der Waals surface area contributed by atoms with Gasteiger partial charge in [-0.25, -0.2) is 0 Å². The first kappa shape index (κ1) is 15.7. The van der Waals surface area contributed by atoms with E-state index in [9.17, 15) is 13.2 Å². The Morgan fingerprint density at radius 2 is 2.06 bits per heavy atom. The Balaban J connectivity index is 2.41. The molecule has 1 rings (SSSR count). The van der Waals surface area contributed by atoms with Crippen molar-refractivity contribution in [1.82, 2.24) is 10.2 Å². The Hall–Kier alpha value is -0.330. The molecule has 0 saturated carbocycles. The topological polar surface area (TPSA) is 24.5 Å². The standard InChI is InChI=1S/C12H23F3N2O/c1-9(2)6-11-7-16-10(3)8-17(11)4-5-18-12(13,14)15/h9-11,16H,4-8H2,1-3H3. The van der Waals surface area contributed by atoms with Gasteiger partial charge in [0.25, 0.3) is 0 Å². The summed E-state index contributed by atoms with van der Waals surface area (Å²) in [4.78, 5) is 2.10. The number of nitrogens with one attached hydrogen (secondary N) is 1. The second-order valence-corrected chi connectivity index (χ2v) is 5.38. The van der Waals surface area contributed by atoms with Crippen LogP contribution < -0.4 is 5.32 Å². The van der Waals surface area contributed by atoms with Crippen molar-refractivity contribution < 1.29 is 17.9 Å². The molecule has 1 N–H and O–H groups in total. The summed E-state index contributed by atoms with van der Waals surface area (Å²) in [5.41, 5.74) is 0. The number of rotatable bonds is 5. The van der Waals surface area contributed by atoms with Crippen LogP contribution in [0.3, 0.4) is 0 Å². The lowest BCUT2D eigenvalue weighted by molar-refractivity contribution is -0.325. The lowest BCUT2D eigenvalue weighted by Gasteiger charge is -2.40. The molecular formula is C12H23F3N2O. The highest BCUT2D eigenvalue weighted by Crippen LogP contribution is 2.18. The molecule has 1 heterocycles. The molecule has 0 amide bonds. The van der Waals surface area contributed by atoms with Gasteiger partial charge in [0.15, 0.2) is 0 Å². The van der Waals surface area contributed by atoms with Crippen molar-refractivity contribution in [3.8, 4) is 0 Å². The maximum atomic E-state index is 11.9. The second kappa shape index (κ2) is 6.73. The van der Waals surface area contributed by atoms with Crippen LogP contribution in [0.1, 0.15) is 27.2 Å². The van der Waals surface area contributed by atoms with Crippen LogP contribution in [-0.4, -0.2) is 49.6 Å². The van der Waals surface area contributed by atoms with E-state index in [0.717, 1.165) is 19.5 Å². The molecule has 0 aromatic carbocycles. The first-order valence-electron chi connectivity index (χ1n) is 6.46. The lowest BCUT2D eigenvalue weighted by atomic mass is 9.99. The largest absolute Gasteiger partial charge is 0.522 e. The fourth-order valence-electron chi connectivity index (χ4n) is 2.36. The molecule has 0 radical (unpaired) electrons. The van der Waals surface area contributed by atoms with Crippen molar-refractivity contribution in [3.05, 3.63) is 0 Å². The molecule has 1 aliphatic rings. The quantitative estimate of drug-likeness (QED) is 0.827. The molecule has 1 saturated heterocycles. The van der Waals surface area contributed by atoms with Crippen molar-refractivity contribution >= 4 is 0 Å². The highest BCUT2D eigenvalue weighted by molar-refractivity contribution is 4.84. The molecule has 6 heteroatoms. The van der Waals surface area contributed by atoms with Gasteiger partial charge in [0.2, 0.25) is 0 Å². The third-order valence-corrected chi connectivity index (χ3v) is 3.11. The van der Waals surface area contributed by atoms with Crippen molar-refractivity contribution in [2.45, 2.75) is 45.6 Å². The van der Waals surface area contributed by atoms with Gasteiger partial charge in [-0.3, -0.25) is 9.64 Å². The molecule has 3 nitrogen and oxygen atoms in total. The van der Waals surface area contributed by atoms with Crippen LogP contribution in [0, 0.1) is 5.92 Å². The second-order valence-electron chi connectivity index (χ2n) is 5.38. The summed E-state index contributed by atoms with van der Waals surface area (Å²) in [5, 5.41) is 3.37. The molecule has 0 aromatic heterocycles. The number of nitrogens with zero attached hydrogens (tertiary/aromatic N) is 1. The van der Waals surface area contributed by atoms with E-state index in [1.807, 2.05) is 6.92 Å². The van der Waals surface area contributed by atoms with Gasteiger partial charge < -0.3 is 5.32 Å². The number of piperazine rings is 1.